The van der Waals surface area contributed by atoms with Crippen LogP contribution in [0, 0.1) is 0 Å². The van der Waals surface area contributed by atoms with E-state index in [1.807, 2.05) is 42.2 Å². The Labute approximate surface area is 130 Å². The summed E-state index contributed by atoms with van der Waals surface area (Å²) in [7, 11) is 0. The van der Waals surface area contributed by atoms with Crippen LogP contribution in [0.5, 0.6) is 0 Å². The van der Waals surface area contributed by atoms with Crippen molar-refractivity contribution in [3.63, 3.8) is 0 Å². The average Bonchev–Trinajstić information content (AvgIpc) is 3.38. The Morgan fingerprint density at radius 2 is 2.14 bits per heavy atom. The van der Waals surface area contributed by atoms with Gasteiger partial charge in [-0.2, -0.15) is 0 Å². The van der Waals surface area contributed by atoms with Crippen molar-refractivity contribution in [2.75, 3.05) is 19.8 Å². The lowest BCUT2D eigenvalue weighted by Crippen LogP contribution is -2.47. The smallest absolute Gasteiger partial charge is 0.255 e. The molecule has 4 heteroatoms. The van der Waals surface area contributed by atoms with Crippen LogP contribution in [0.4, 0.5) is 0 Å². The van der Waals surface area contributed by atoms with Crippen molar-refractivity contribution in [1.82, 2.24) is 9.88 Å². The molecule has 1 aliphatic carbocycles. The Balaban J connectivity index is 1.80. The van der Waals surface area contributed by atoms with Crippen molar-refractivity contribution in [3.8, 4) is 0 Å². The summed E-state index contributed by atoms with van der Waals surface area (Å²) in [5.74, 6) is 0.648. The monoisotopic (exact) mass is 296 g/mol. The highest BCUT2D eigenvalue weighted by molar-refractivity contribution is 6.06. The molecule has 0 radical (unpaired) electrons. The van der Waals surface area contributed by atoms with Crippen LogP contribution in [-0.2, 0) is 4.74 Å². The maximum absolute atomic E-state index is 13.1. The molecule has 1 aromatic carbocycles. The standard InChI is InChI=1S/C18H20N2O2/c1-12-11-22-9-8-20(12)18(21)15-10-17(13-6-7-13)19-16-5-3-2-4-14(15)16/h2-5,10,12-13H,6-9,11H2,1H3/t12-/m1/s1. The van der Waals surface area contributed by atoms with Gasteiger partial charge >= 0.3 is 0 Å². The molecule has 2 aliphatic rings. The van der Waals surface area contributed by atoms with Crippen molar-refractivity contribution >= 4 is 16.8 Å². The minimum absolute atomic E-state index is 0.108. The minimum atomic E-state index is 0.108. The number of carbonyl (C=O) groups excluding carboxylic acids is 1. The highest BCUT2D eigenvalue weighted by Gasteiger charge is 2.30. The average molecular weight is 296 g/mol. The van der Waals surface area contributed by atoms with Crippen molar-refractivity contribution < 1.29 is 9.53 Å². The number of rotatable bonds is 2. The van der Waals surface area contributed by atoms with Gasteiger partial charge in [-0.1, -0.05) is 18.2 Å². The first-order chi connectivity index (χ1) is 10.7. The first kappa shape index (κ1) is 13.7. The lowest BCUT2D eigenvalue weighted by Gasteiger charge is -2.33. The van der Waals surface area contributed by atoms with E-state index in [9.17, 15) is 4.79 Å². The molecule has 22 heavy (non-hydrogen) atoms. The lowest BCUT2D eigenvalue weighted by molar-refractivity contribution is 0.00369. The van der Waals surface area contributed by atoms with Gasteiger partial charge in [0, 0.05) is 23.5 Å². The van der Waals surface area contributed by atoms with Crippen LogP contribution in [0.1, 0.15) is 41.7 Å². The number of amides is 1. The molecule has 1 atom stereocenters. The number of ether oxygens (including phenoxy) is 1. The summed E-state index contributed by atoms with van der Waals surface area (Å²) in [5.41, 5.74) is 2.79. The van der Waals surface area contributed by atoms with Crippen molar-refractivity contribution in [3.05, 3.63) is 41.6 Å². The SMILES string of the molecule is C[C@@H]1COCCN1C(=O)c1cc(C2CC2)nc2ccccc12. The largest absolute Gasteiger partial charge is 0.377 e. The van der Waals surface area contributed by atoms with E-state index in [1.54, 1.807) is 0 Å². The second-order valence-electron chi connectivity index (χ2n) is 6.31. The van der Waals surface area contributed by atoms with Gasteiger partial charge in [0.25, 0.3) is 5.91 Å². The quantitative estimate of drug-likeness (QED) is 0.855. The fourth-order valence-corrected chi connectivity index (χ4v) is 3.14. The van der Waals surface area contributed by atoms with Crippen molar-refractivity contribution in [2.24, 2.45) is 0 Å². The Kier molecular flexibility index (Phi) is 3.34. The number of morpholine rings is 1. The molecule has 2 aromatic rings. The maximum Gasteiger partial charge on any atom is 0.255 e. The van der Waals surface area contributed by atoms with E-state index < -0.39 is 0 Å². The van der Waals surface area contributed by atoms with Gasteiger partial charge in [-0.05, 0) is 31.9 Å². The van der Waals surface area contributed by atoms with Crippen LogP contribution in [0.25, 0.3) is 10.9 Å². The highest BCUT2D eigenvalue weighted by Crippen LogP contribution is 2.40. The Morgan fingerprint density at radius 3 is 2.91 bits per heavy atom. The zero-order valence-electron chi connectivity index (χ0n) is 12.8. The van der Waals surface area contributed by atoms with E-state index in [0.717, 1.165) is 22.2 Å². The van der Waals surface area contributed by atoms with E-state index in [1.165, 1.54) is 12.8 Å². The van der Waals surface area contributed by atoms with E-state index in [-0.39, 0.29) is 11.9 Å². The molecular weight excluding hydrogens is 276 g/mol. The molecule has 1 aliphatic heterocycles. The number of fused-ring (bicyclic) bond motifs is 1. The topological polar surface area (TPSA) is 42.4 Å². The predicted octanol–water partition coefficient (Wildman–Crippen LogP) is 2.97. The normalized spacial score (nSPS) is 22.0. The van der Waals surface area contributed by atoms with Gasteiger partial charge in [-0.15, -0.1) is 0 Å². The maximum atomic E-state index is 13.1. The molecule has 4 rings (SSSR count). The van der Waals surface area contributed by atoms with Crippen molar-refractivity contribution in [2.45, 2.75) is 31.7 Å². The number of nitrogens with zero attached hydrogens (tertiary/aromatic N) is 2. The fourth-order valence-electron chi connectivity index (χ4n) is 3.14. The summed E-state index contributed by atoms with van der Waals surface area (Å²) in [6, 6.07) is 10.1. The summed E-state index contributed by atoms with van der Waals surface area (Å²) in [4.78, 5) is 19.7. The first-order valence-corrected chi connectivity index (χ1v) is 8.02. The Bertz CT molecular complexity index is 724. The molecule has 0 N–H and O–H groups in total. The van der Waals surface area contributed by atoms with Crippen LogP contribution in [0.2, 0.25) is 0 Å². The van der Waals surface area contributed by atoms with Crippen LogP contribution in [0.15, 0.2) is 30.3 Å². The lowest BCUT2D eigenvalue weighted by atomic mass is 10.0. The van der Waals surface area contributed by atoms with E-state index in [4.69, 9.17) is 9.72 Å². The number of para-hydroxylation sites is 1. The summed E-state index contributed by atoms with van der Waals surface area (Å²) in [6.07, 6.45) is 2.37. The van der Waals surface area contributed by atoms with Gasteiger partial charge in [-0.3, -0.25) is 9.78 Å². The molecule has 0 unspecified atom stereocenters. The molecule has 4 nitrogen and oxygen atoms in total. The van der Waals surface area contributed by atoms with Gasteiger partial charge in [0.1, 0.15) is 0 Å². The third-order valence-electron chi connectivity index (χ3n) is 4.59. The summed E-state index contributed by atoms with van der Waals surface area (Å²) >= 11 is 0. The summed E-state index contributed by atoms with van der Waals surface area (Å²) in [6.45, 7) is 3.94. The number of aromatic nitrogens is 1. The molecule has 2 heterocycles. The van der Waals surface area contributed by atoms with E-state index in [0.29, 0.717) is 25.7 Å². The molecule has 2 fully saturated rings. The third-order valence-corrected chi connectivity index (χ3v) is 4.59. The molecule has 1 amide bonds. The van der Waals surface area contributed by atoms with Gasteiger partial charge in [0.05, 0.1) is 30.3 Å². The zero-order valence-corrected chi connectivity index (χ0v) is 12.8. The molecular formula is C18H20N2O2. The number of hydrogen-bond acceptors (Lipinski definition) is 3. The van der Waals surface area contributed by atoms with E-state index in [2.05, 4.69) is 0 Å². The Hall–Kier alpha value is -1.94. The van der Waals surface area contributed by atoms with Gasteiger partial charge in [-0.25, -0.2) is 0 Å². The van der Waals surface area contributed by atoms with Crippen LogP contribution < -0.4 is 0 Å². The summed E-state index contributed by atoms with van der Waals surface area (Å²) < 4.78 is 5.45. The van der Waals surface area contributed by atoms with E-state index >= 15 is 0 Å². The third kappa shape index (κ3) is 2.37. The highest BCUT2D eigenvalue weighted by atomic mass is 16.5. The second kappa shape index (κ2) is 5.36. The second-order valence-corrected chi connectivity index (χ2v) is 6.31. The van der Waals surface area contributed by atoms with Crippen LogP contribution >= 0.6 is 0 Å². The molecule has 1 aromatic heterocycles. The number of carbonyl (C=O) groups is 1. The predicted molar refractivity (Wildman–Crippen MR) is 85.0 cm³/mol. The van der Waals surface area contributed by atoms with Crippen molar-refractivity contribution in [1.29, 1.82) is 0 Å². The summed E-state index contributed by atoms with van der Waals surface area (Å²) in [5, 5.41) is 0.954. The van der Waals surface area contributed by atoms with Crippen LogP contribution in [-0.4, -0.2) is 41.6 Å². The molecule has 0 bridgehead atoms. The minimum Gasteiger partial charge on any atom is -0.377 e. The molecule has 0 spiro atoms. The van der Waals surface area contributed by atoms with Gasteiger partial charge < -0.3 is 9.64 Å². The number of pyridine rings is 1. The molecule has 1 saturated heterocycles. The fraction of sp³-hybridized carbons (Fsp3) is 0.444. The van der Waals surface area contributed by atoms with Gasteiger partial charge in [0.2, 0.25) is 0 Å². The van der Waals surface area contributed by atoms with Gasteiger partial charge in [0.15, 0.2) is 0 Å². The number of hydrogen-bond donors (Lipinski definition) is 0. The zero-order chi connectivity index (χ0) is 15.1. The molecule has 114 valence electrons. The molecule has 1 saturated carbocycles. The Morgan fingerprint density at radius 1 is 1.32 bits per heavy atom. The number of benzene rings is 1. The van der Waals surface area contributed by atoms with Crippen LogP contribution in [0.3, 0.4) is 0 Å². The first-order valence-electron chi connectivity index (χ1n) is 8.02.